The second kappa shape index (κ2) is 6.82. The number of aryl methyl sites for hydroxylation is 1. The Kier molecular flexibility index (Phi) is 4.85. The van der Waals surface area contributed by atoms with Crippen LogP contribution in [0.15, 0.2) is 54.6 Å². The summed E-state index contributed by atoms with van der Waals surface area (Å²) in [5.74, 6) is -0.123. The number of nitrogens with one attached hydrogen (secondary N) is 2. The molecule has 0 radical (unpaired) electrons. The van der Waals surface area contributed by atoms with E-state index in [0.717, 1.165) is 16.9 Å². The van der Waals surface area contributed by atoms with Gasteiger partial charge in [-0.1, -0.05) is 48.1 Å². The molecular formula is C16H16N2OS. The zero-order chi connectivity index (χ0) is 14.4. The molecule has 0 saturated heterocycles. The van der Waals surface area contributed by atoms with Gasteiger partial charge >= 0.3 is 0 Å². The van der Waals surface area contributed by atoms with Crippen LogP contribution in [-0.4, -0.2) is 10.9 Å². The smallest absolute Gasteiger partial charge is 0.231 e. The molecule has 0 heterocycles. The molecule has 0 spiro atoms. The van der Waals surface area contributed by atoms with Gasteiger partial charge in [-0.15, -0.1) is 0 Å². The molecule has 0 saturated carbocycles. The Morgan fingerprint density at radius 1 is 0.950 bits per heavy atom. The van der Waals surface area contributed by atoms with Crippen LogP contribution in [0.25, 0.3) is 0 Å². The van der Waals surface area contributed by atoms with Crippen LogP contribution < -0.4 is 10.6 Å². The van der Waals surface area contributed by atoms with E-state index in [0.29, 0.717) is 4.99 Å². The van der Waals surface area contributed by atoms with E-state index < -0.39 is 0 Å². The summed E-state index contributed by atoms with van der Waals surface area (Å²) in [6, 6.07) is 17.2. The first-order valence-electron chi connectivity index (χ1n) is 6.35. The summed E-state index contributed by atoms with van der Waals surface area (Å²) in [6.45, 7) is 2.00. The second-order valence-electron chi connectivity index (χ2n) is 4.51. The van der Waals surface area contributed by atoms with E-state index in [1.807, 2.05) is 61.5 Å². The molecule has 3 nitrogen and oxygen atoms in total. The number of carbonyl (C=O) groups is 1. The molecule has 0 aliphatic heterocycles. The van der Waals surface area contributed by atoms with Gasteiger partial charge < -0.3 is 10.6 Å². The number of carbonyl (C=O) groups excluding carboxylic acids is 1. The maximum Gasteiger partial charge on any atom is 0.231 e. The number of amides is 1. The van der Waals surface area contributed by atoms with Crippen molar-refractivity contribution in [2.45, 2.75) is 13.3 Å². The minimum atomic E-state index is -0.123. The van der Waals surface area contributed by atoms with Gasteiger partial charge in [0.05, 0.1) is 11.4 Å². The van der Waals surface area contributed by atoms with Gasteiger partial charge in [-0.2, -0.15) is 0 Å². The topological polar surface area (TPSA) is 41.1 Å². The van der Waals surface area contributed by atoms with E-state index in [9.17, 15) is 4.79 Å². The Morgan fingerprint density at radius 3 is 2.20 bits per heavy atom. The highest BCUT2D eigenvalue weighted by atomic mass is 32.1. The van der Waals surface area contributed by atoms with Gasteiger partial charge in [0, 0.05) is 11.4 Å². The molecule has 2 aromatic carbocycles. The fraction of sp³-hybridized carbons (Fsp3) is 0.125. The Balaban J connectivity index is 1.85. The summed E-state index contributed by atoms with van der Waals surface area (Å²) >= 11 is 5.18. The van der Waals surface area contributed by atoms with E-state index in [2.05, 4.69) is 10.6 Å². The SMILES string of the molecule is Cc1ccc(NC(=O)CC(=S)Nc2ccccc2)cc1. The molecule has 0 aromatic heterocycles. The molecule has 20 heavy (non-hydrogen) atoms. The van der Waals surface area contributed by atoms with Crippen LogP contribution in [-0.2, 0) is 4.79 Å². The van der Waals surface area contributed by atoms with E-state index >= 15 is 0 Å². The van der Waals surface area contributed by atoms with Crippen LogP contribution in [0, 0.1) is 6.92 Å². The second-order valence-corrected chi connectivity index (χ2v) is 5.00. The summed E-state index contributed by atoms with van der Waals surface area (Å²) in [5, 5.41) is 5.86. The van der Waals surface area contributed by atoms with E-state index in [-0.39, 0.29) is 12.3 Å². The summed E-state index contributed by atoms with van der Waals surface area (Å²) in [4.78, 5) is 12.4. The maximum atomic E-state index is 11.9. The first-order chi connectivity index (χ1) is 9.63. The van der Waals surface area contributed by atoms with Crippen molar-refractivity contribution in [3.63, 3.8) is 0 Å². The summed E-state index contributed by atoms with van der Waals surface area (Å²) in [7, 11) is 0. The minimum absolute atomic E-state index is 0.123. The predicted octanol–water partition coefficient (Wildman–Crippen LogP) is 3.76. The zero-order valence-electron chi connectivity index (χ0n) is 11.2. The largest absolute Gasteiger partial charge is 0.350 e. The average molecular weight is 284 g/mol. The summed E-state index contributed by atoms with van der Waals surface area (Å²) in [5.41, 5.74) is 2.83. The number of anilines is 2. The lowest BCUT2D eigenvalue weighted by Crippen LogP contribution is -2.20. The minimum Gasteiger partial charge on any atom is -0.350 e. The Bertz CT molecular complexity index is 594. The maximum absolute atomic E-state index is 11.9. The van der Waals surface area contributed by atoms with Gasteiger partial charge in [0.15, 0.2) is 0 Å². The molecule has 2 N–H and O–H groups in total. The van der Waals surface area contributed by atoms with Crippen LogP contribution >= 0.6 is 12.2 Å². The van der Waals surface area contributed by atoms with Crippen LogP contribution in [0.3, 0.4) is 0 Å². The third kappa shape index (κ3) is 4.48. The standard InChI is InChI=1S/C16H16N2OS/c1-12-7-9-14(10-8-12)17-15(19)11-16(20)18-13-5-3-2-4-6-13/h2-10H,11H2,1H3,(H,17,19)(H,18,20). The van der Waals surface area contributed by atoms with Crippen molar-refractivity contribution in [3.05, 3.63) is 60.2 Å². The van der Waals surface area contributed by atoms with Gasteiger partial charge in [0.25, 0.3) is 0 Å². The number of rotatable bonds is 4. The third-order valence-corrected chi connectivity index (χ3v) is 2.96. The van der Waals surface area contributed by atoms with Gasteiger partial charge in [0.1, 0.15) is 0 Å². The lowest BCUT2D eigenvalue weighted by atomic mass is 10.2. The van der Waals surface area contributed by atoms with Crippen molar-refractivity contribution in [1.82, 2.24) is 0 Å². The molecule has 2 rings (SSSR count). The van der Waals surface area contributed by atoms with Crippen molar-refractivity contribution >= 4 is 34.5 Å². The lowest BCUT2D eigenvalue weighted by molar-refractivity contribution is -0.115. The number of thiocarbonyl (C=S) groups is 1. The molecular weight excluding hydrogens is 268 g/mol. The fourth-order valence-electron chi connectivity index (χ4n) is 1.71. The van der Waals surface area contributed by atoms with Crippen LogP contribution in [0.5, 0.6) is 0 Å². The van der Waals surface area contributed by atoms with Gasteiger partial charge in [-0.05, 0) is 31.2 Å². The lowest BCUT2D eigenvalue weighted by Gasteiger charge is -2.08. The van der Waals surface area contributed by atoms with Crippen LogP contribution in [0.4, 0.5) is 11.4 Å². The molecule has 1 amide bonds. The molecule has 0 aliphatic rings. The summed E-state index contributed by atoms with van der Waals surface area (Å²) in [6.07, 6.45) is 0.165. The highest BCUT2D eigenvalue weighted by Gasteiger charge is 2.06. The molecule has 102 valence electrons. The monoisotopic (exact) mass is 284 g/mol. The molecule has 0 unspecified atom stereocenters. The highest BCUT2D eigenvalue weighted by molar-refractivity contribution is 7.80. The average Bonchev–Trinajstić information content (AvgIpc) is 2.42. The Labute approximate surface area is 124 Å². The zero-order valence-corrected chi connectivity index (χ0v) is 12.0. The summed E-state index contributed by atoms with van der Waals surface area (Å²) < 4.78 is 0. The van der Waals surface area contributed by atoms with Crippen molar-refractivity contribution in [2.24, 2.45) is 0 Å². The molecule has 2 aromatic rings. The van der Waals surface area contributed by atoms with Crippen molar-refractivity contribution in [2.75, 3.05) is 10.6 Å². The first kappa shape index (κ1) is 14.2. The quantitative estimate of drug-likeness (QED) is 0.840. The molecule has 0 atom stereocenters. The first-order valence-corrected chi connectivity index (χ1v) is 6.76. The van der Waals surface area contributed by atoms with Crippen LogP contribution in [0.1, 0.15) is 12.0 Å². The van der Waals surface area contributed by atoms with Gasteiger partial charge in [-0.3, -0.25) is 4.79 Å². The van der Waals surface area contributed by atoms with Crippen LogP contribution in [0.2, 0.25) is 0 Å². The number of para-hydroxylation sites is 1. The molecule has 0 bridgehead atoms. The molecule has 0 aliphatic carbocycles. The van der Waals surface area contributed by atoms with Crippen molar-refractivity contribution < 1.29 is 4.79 Å². The Hall–Kier alpha value is -2.20. The normalized spacial score (nSPS) is 9.85. The number of hydrogen-bond donors (Lipinski definition) is 2. The molecule has 4 heteroatoms. The highest BCUT2D eigenvalue weighted by Crippen LogP contribution is 2.10. The predicted molar refractivity (Wildman–Crippen MR) is 87.1 cm³/mol. The number of hydrogen-bond acceptors (Lipinski definition) is 2. The van der Waals surface area contributed by atoms with E-state index in [1.165, 1.54) is 0 Å². The van der Waals surface area contributed by atoms with E-state index in [4.69, 9.17) is 12.2 Å². The third-order valence-electron chi connectivity index (χ3n) is 2.71. The fourth-order valence-corrected chi connectivity index (χ4v) is 1.96. The Morgan fingerprint density at radius 2 is 1.55 bits per heavy atom. The van der Waals surface area contributed by atoms with E-state index in [1.54, 1.807) is 0 Å². The van der Waals surface area contributed by atoms with Crippen molar-refractivity contribution in [3.8, 4) is 0 Å². The molecule has 0 fully saturated rings. The number of benzene rings is 2. The van der Waals surface area contributed by atoms with Gasteiger partial charge in [0.2, 0.25) is 5.91 Å². The van der Waals surface area contributed by atoms with Crippen molar-refractivity contribution in [1.29, 1.82) is 0 Å². The van der Waals surface area contributed by atoms with Gasteiger partial charge in [-0.25, -0.2) is 0 Å².